The first-order valence-electron chi connectivity index (χ1n) is 9.04. The number of carbonyl (C=O) groups is 2. The van der Waals surface area contributed by atoms with E-state index in [1.807, 2.05) is 0 Å². The van der Waals surface area contributed by atoms with Gasteiger partial charge in [-0.2, -0.15) is 13.2 Å². The van der Waals surface area contributed by atoms with Gasteiger partial charge in [0.2, 0.25) is 0 Å². The second-order valence-electron chi connectivity index (χ2n) is 6.98. The van der Waals surface area contributed by atoms with E-state index in [1.54, 1.807) is 12.1 Å². The predicted molar refractivity (Wildman–Crippen MR) is 101 cm³/mol. The Morgan fingerprint density at radius 3 is 2.60 bits per heavy atom. The highest BCUT2D eigenvalue weighted by molar-refractivity contribution is 6.06. The Morgan fingerprint density at radius 2 is 1.90 bits per heavy atom. The highest BCUT2D eigenvalue weighted by Crippen LogP contribution is 2.32. The fraction of sp³-hybridized carbons (Fsp3) is 0.190. The van der Waals surface area contributed by atoms with Gasteiger partial charge in [-0.1, -0.05) is 6.07 Å². The molecule has 6 nitrogen and oxygen atoms in total. The molecule has 1 aromatic carbocycles. The summed E-state index contributed by atoms with van der Waals surface area (Å²) in [7, 11) is 0. The number of carbonyl (C=O) groups excluding carboxylic acids is 2. The standard InChI is InChI=1S/C21H15F3N2O4/c22-21(23,24)12-3-1-4-13(9-12)25-19(28)15-10-14-16(26-20(15)29)7-11(8-17(14)27)18-5-2-6-30-18/h1-6,9-11H,7-8H2,(H,25,28)(H,26,29)/t11-/m1/s1. The van der Waals surface area contributed by atoms with E-state index < -0.39 is 23.2 Å². The first-order chi connectivity index (χ1) is 14.2. The van der Waals surface area contributed by atoms with Gasteiger partial charge in [0.25, 0.3) is 11.5 Å². The van der Waals surface area contributed by atoms with Crippen LogP contribution in [-0.2, 0) is 12.6 Å². The minimum Gasteiger partial charge on any atom is -0.469 e. The van der Waals surface area contributed by atoms with Crippen LogP contribution in [0.25, 0.3) is 0 Å². The number of alkyl halides is 3. The van der Waals surface area contributed by atoms with Gasteiger partial charge in [-0.05, 0) is 42.8 Å². The lowest BCUT2D eigenvalue weighted by atomic mass is 9.84. The number of anilines is 1. The molecule has 0 saturated carbocycles. The molecule has 154 valence electrons. The van der Waals surface area contributed by atoms with Gasteiger partial charge in [0.1, 0.15) is 11.3 Å². The van der Waals surface area contributed by atoms with Crippen molar-refractivity contribution in [2.24, 2.45) is 0 Å². The number of amides is 1. The summed E-state index contributed by atoms with van der Waals surface area (Å²) in [6, 6.07) is 8.71. The van der Waals surface area contributed by atoms with Crippen LogP contribution in [-0.4, -0.2) is 16.7 Å². The van der Waals surface area contributed by atoms with Crippen molar-refractivity contribution in [1.82, 2.24) is 4.98 Å². The molecule has 0 fully saturated rings. The summed E-state index contributed by atoms with van der Waals surface area (Å²) < 4.78 is 43.9. The summed E-state index contributed by atoms with van der Waals surface area (Å²) in [5.41, 5.74) is -1.52. The minimum absolute atomic E-state index is 0.115. The molecule has 3 aromatic rings. The van der Waals surface area contributed by atoms with Gasteiger partial charge < -0.3 is 14.7 Å². The van der Waals surface area contributed by atoms with Gasteiger partial charge in [0.15, 0.2) is 5.78 Å². The van der Waals surface area contributed by atoms with Gasteiger partial charge in [0.05, 0.1) is 11.8 Å². The molecule has 1 aliphatic carbocycles. The van der Waals surface area contributed by atoms with Crippen LogP contribution < -0.4 is 10.9 Å². The summed E-state index contributed by atoms with van der Waals surface area (Å²) in [4.78, 5) is 40.1. The van der Waals surface area contributed by atoms with E-state index in [2.05, 4.69) is 10.3 Å². The number of nitrogens with one attached hydrogen (secondary N) is 2. The Morgan fingerprint density at radius 1 is 1.10 bits per heavy atom. The Kier molecular flexibility index (Phi) is 4.81. The number of rotatable bonds is 3. The number of benzene rings is 1. The molecule has 0 aliphatic heterocycles. The third-order valence-corrected chi connectivity index (χ3v) is 4.94. The molecular formula is C21H15F3N2O4. The molecule has 9 heteroatoms. The van der Waals surface area contributed by atoms with Crippen molar-refractivity contribution in [3.05, 3.63) is 87.2 Å². The first-order valence-corrected chi connectivity index (χ1v) is 9.04. The maximum Gasteiger partial charge on any atom is 0.416 e. The summed E-state index contributed by atoms with van der Waals surface area (Å²) >= 11 is 0. The zero-order valence-electron chi connectivity index (χ0n) is 15.4. The van der Waals surface area contributed by atoms with Crippen LogP contribution >= 0.6 is 0 Å². The lowest BCUT2D eigenvalue weighted by Crippen LogP contribution is -2.29. The average molecular weight is 416 g/mol. The third-order valence-electron chi connectivity index (χ3n) is 4.94. The number of halogens is 3. The zero-order valence-corrected chi connectivity index (χ0v) is 15.4. The molecule has 30 heavy (non-hydrogen) atoms. The van der Waals surface area contributed by atoms with E-state index in [4.69, 9.17) is 4.42 Å². The van der Waals surface area contributed by atoms with Crippen LogP contribution in [0.5, 0.6) is 0 Å². The summed E-state index contributed by atoms with van der Waals surface area (Å²) in [6.45, 7) is 0. The molecule has 2 heterocycles. The molecule has 0 unspecified atom stereocenters. The molecule has 2 N–H and O–H groups in total. The van der Waals surface area contributed by atoms with Crippen molar-refractivity contribution < 1.29 is 27.2 Å². The second kappa shape index (κ2) is 7.33. The number of hydrogen-bond donors (Lipinski definition) is 2. The molecule has 4 rings (SSSR count). The van der Waals surface area contributed by atoms with E-state index in [9.17, 15) is 27.6 Å². The number of fused-ring (bicyclic) bond motifs is 1. The number of aromatic nitrogens is 1. The van der Waals surface area contributed by atoms with Crippen molar-refractivity contribution >= 4 is 17.4 Å². The van der Waals surface area contributed by atoms with Gasteiger partial charge in [-0.25, -0.2) is 0 Å². The predicted octanol–water partition coefficient (Wildman–Crippen LogP) is 4.15. The SMILES string of the molecule is O=C1C[C@H](c2ccco2)Cc2[nH]c(=O)c(C(=O)Nc3cccc(C(F)(F)F)c3)cc21. The van der Waals surface area contributed by atoms with Gasteiger partial charge in [-0.15, -0.1) is 0 Å². The average Bonchev–Trinajstić information content (AvgIpc) is 3.21. The Hall–Kier alpha value is -3.62. The lowest BCUT2D eigenvalue weighted by Gasteiger charge is -2.22. The molecular weight excluding hydrogens is 401 g/mol. The molecule has 1 atom stereocenters. The minimum atomic E-state index is -4.57. The Labute approximate surface area is 167 Å². The van der Waals surface area contributed by atoms with Gasteiger partial charge >= 0.3 is 6.18 Å². The monoisotopic (exact) mass is 416 g/mol. The second-order valence-corrected chi connectivity index (χ2v) is 6.98. The molecule has 1 amide bonds. The summed E-state index contributed by atoms with van der Waals surface area (Å²) in [5, 5.41) is 2.28. The van der Waals surface area contributed by atoms with Crippen molar-refractivity contribution in [3.8, 4) is 0 Å². The fourth-order valence-corrected chi connectivity index (χ4v) is 3.50. The van der Waals surface area contributed by atoms with E-state index in [-0.39, 0.29) is 34.9 Å². The van der Waals surface area contributed by atoms with E-state index in [0.717, 1.165) is 18.2 Å². The summed E-state index contributed by atoms with van der Waals surface area (Å²) in [5.74, 6) is -0.761. The van der Waals surface area contributed by atoms with Gasteiger partial charge in [0, 0.05) is 29.3 Å². The van der Waals surface area contributed by atoms with E-state index in [0.29, 0.717) is 17.9 Å². The maximum absolute atomic E-state index is 12.8. The van der Waals surface area contributed by atoms with Crippen molar-refractivity contribution in [2.75, 3.05) is 5.32 Å². The molecule has 0 spiro atoms. The maximum atomic E-state index is 12.8. The molecule has 0 bridgehead atoms. The molecule has 0 saturated heterocycles. The number of ketones is 1. The molecule has 0 radical (unpaired) electrons. The quantitative estimate of drug-likeness (QED) is 0.671. The number of pyridine rings is 1. The Balaban J connectivity index is 1.61. The number of furan rings is 1. The zero-order chi connectivity index (χ0) is 21.5. The number of hydrogen-bond acceptors (Lipinski definition) is 4. The van der Waals surface area contributed by atoms with Crippen LogP contribution in [0.15, 0.2) is 57.9 Å². The highest BCUT2D eigenvalue weighted by atomic mass is 19.4. The number of Topliss-reactive ketones (excluding diaryl/α,β-unsaturated/α-hetero) is 1. The lowest BCUT2D eigenvalue weighted by molar-refractivity contribution is -0.137. The molecule has 2 aromatic heterocycles. The smallest absolute Gasteiger partial charge is 0.416 e. The van der Waals surface area contributed by atoms with Crippen LogP contribution in [0.4, 0.5) is 18.9 Å². The summed E-state index contributed by atoms with van der Waals surface area (Å²) in [6.07, 6.45) is -2.55. The number of H-pyrrole nitrogens is 1. The fourth-order valence-electron chi connectivity index (χ4n) is 3.50. The van der Waals surface area contributed by atoms with Crippen LogP contribution in [0, 0.1) is 0 Å². The highest BCUT2D eigenvalue weighted by Gasteiger charge is 2.31. The van der Waals surface area contributed by atoms with Crippen LogP contribution in [0.1, 0.15) is 50.1 Å². The normalized spacial score (nSPS) is 16.2. The van der Waals surface area contributed by atoms with E-state index in [1.165, 1.54) is 18.4 Å². The topological polar surface area (TPSA) is 92.2 Å². The van der Waals surface area contributed by atoms with Crippen molar-refractivity contribution in [2.45, 2.75) is 24.9 Å². The number of aromatic amines is 1. The van der Waals surface area contributed by atoms with Gasteiger partial charge in [-0.3, -0.25) is 14.4 Å². The molecule has 1 aliphatic rings. The third kappa shape index (κ3) is 3.78. The van der Waals surface area contributed by atoms with Crippen LogP contribution in [0.3, 0.4) is 0 Å². The Bertz CT molecular complexity index is 1180. The first kappa shape index (κ1) is 19.7. The van der Waals surface area contributed by atoms with Crippen molar-refractivity contribution in [3.63, 3.8) is 0 Å². The van der Waals surface area contributed by atoms with Crippen molar-refractivity contribution in [1.29, 1.82) is 0 Å². The van der Waals surface area contributed by atoms with Crippen LogP contribution in [0.2, 0.25) is 0 Å². The largest absolute Gasteiger partial charge is 0.469 e. The van der Waals surface area contributed by atoms with E-state index >= 15 is 0 Å².